The lowest BCUT2D eigenvalue weighted by atomic mass is 10.0. The molecule has 1 rings (SSSR count). The fourth-order valence-electron chi connectivity index (χ4n) is 1.86. The summed E-state index contributed by atoms with van der Waals surface area (Å²) in [7, 11) is 1.58. The second-order valence-corrected chi connectivity index (χ2v) is 6.22. The third-order valence-electron chi connectivity index (χ3n) is 3.53. The van der Waals surface area contributed by atoms with E-state index in [0.717, 1.165) is 6.42 Å². The zero-order valence-electron chi connectivity index (χ0n) is 14.5. The summed E-state index contributed by atoms with van der Waals surface area (Å²) in [5.74, 6) is -0.124. The second kappa shape index (κ2) is 8.53. The number of anilines is 1. The maximum absolute atomic E-state index is 12.1. The minimum Gasteiger partial charge on any atom is -0.383 e. The summed E-state index contributed by atoms with van der Waals surface area (Å²) in [5, 5.41) is 8.44. The van der Waals surface area contributed by atoms with E-state index >= 15 is 0 Å². The topological polar surface area (TPSA) is 79.5 Å². The van der Waals surface area contributed by atoms with Gasteiger partial charge in [0.2, 0.25) is 0 Å². The summed E-state index contributed by atoms with van der Waals surface area (Å²) in [5.41, 5.74) is 0.939. The third kappa shape index (κ3) is 6.69. The predicted molar refractivity (Wildman–Crippen MR) is 91.8 cm³/mol. The molecule has 0 radical (unpaired) electrons. The lowest BCUT2D eigenvalue weighted by molar-refractivity contribution is 0.0911. The van der Waals surface area contributed by atoms with E-state index in [1.54, 1.807) is 31.4 Å². The first kappa shape index (κ1) is 19.0. The highest BCUT2D eigenvalue weighted by atomic mass is 16.5. The first-order chi connectivity index (χ1) is 10.8. The van der Waals surface area contributed by atoms with Crippen LogP contribution in [0.25, 0.3) is 0 Å². The van der Waals surface area contributed by atoms with Crippen molar-refractivity contribution in [2.75, 3.05) is 19.0 Å². The number of ether oxygens (including phenoxy) is 1. The van der Waals surface area contributed by atoms with Gasteiger partial charge >= 0.3 is 6.03 Å². The first-order valence-electron chi connectivity index (χ1n) is 7.76. The van der Waals surface area contributed by atoms with Gasteiger partial charge in [0.1, 0.15) is 0 Å². The molecule has 0 aliphatic heterocycles. The number of amides is 3. The molecule has 3 N–H and O–H groups in total. The minimum atomic E-state index is -0.307. The molecule has 1 aromatic carbocycles. The summed E-state index contributed by atoms with van der Waals surface area (Å²) in [4.78, 5) is 23.9. The van der Waals surface area contributed by atoms with Gasteiger partial charge in [0.15, 0.2) is 0 Å². The third-order valence-corrected chi connectivity index (χ3v) is 3.53. The normalized spacial score (nSPS) is 12.4. The van der Waals surface area contributed by atoms with Gasteiger partial charge in [-0.25, -0.2) is 4.79 Å². The van der Waals surface area contributed by atoms with Crippen molar-refractivity contribution in [2.24, 2.45) is 0 Å². The molecule has 0 spiro atoms. The monoisotopic (exact) mass is 321 g/mol. The van der Waals surface area contributed by atoms with Crippen LogP contribution in [0.4, 0.5) is 10.5 Å². The number of nitrogens with one attached hydrogen (secondary N) is 3. The standard InChI is InChI=1S/C17H27N3O3/c1-6-17(3,4)20-15(21)13-7-9-14(10-8-13)19-16(22)18-12(2)11-23-5/h7-10,12H,6,11H2,1-5H3,(H,20,21)(H2,18,19,22). The van der Waals surface area contributed by atoms with E-state index in [1.165, 1.54) is 0 Å². The average molecular weight is 321 g/mol. The molecule has 1 unspecified atom stereocenters. The second-order valence-electron chi connectivity index (χ2n) is 6.22. The van der Waals surface area contributed by atoms with E-state index in [2.05, 4.69) is 16.0 Å². The Bertz CT molecular complexity index is 526. The van der Waals surface area contributed by atoms with Crippen LogP contribution in [0.2, 0.25) is 0 Å². The van der Waals surface area contributed by atoms with Gasteiger partial charge in [-0.3, -0.25) is 4.79 Å². The maximum Gasteiger partial charge on any atom is 0.319 e. The molecule has 6 nitrogen and oxygen atoms in total. The Morgan fingerprint density at radius 1 is 1.22 bits per heavy atom. The van der Waals surface area contributed by atoms with E-state index in [4.69, 9.17) is 4.74 Å². The molecule has 23 heavy (non-hydrogen) atoms. The number of benzene rings is 1. The Hall–Kier alpha value is -2.08. The average Bonchev–Trinajstić information content (AvgIpc) is 2.47. The largest absolute Gasteiger partial charge is 0.383 e. The summed E-state index contributed by atoms with van der Waals surface area (Å²) < 4.78 is 4.96. The molecule has 0 aliphatic carbocycles. The van der Waals surface area contributed by atoms with Gasteiger partial charge in [0.05, 0.1) is 12.6 Å². The molecular formula is C17H27N3O3. The van der Waals surface area contributed by atoms with Crippen molar-refractivity contribution < 1.29 is 14.3 Å². The number of rotatable bonds is 7. The fourth-order valence-corrected chi connectivity index (χ4v) is 1.86. The Morgan fingerprint density at radius 3 is 2.35 bits per heavy atom. The molecule has 0 fully saturated rings. The van der Waals surface area contributed by atoms with Gasteiger partial charge in [-0.15, -0.1) is 0 Å². The molecular weight excluding hydrogens is 294 g/mol. The number of urea groups is 1. The first-order valence-corrected chi connectivity index (χ1v) is 7.76. The smallest absolute Gasteiger partial charge is 0.319 e. The Balaban J connectivity index is 2.59. The molecule has 1 aromatic rings. The van der Waals surface area contributed by atoms with E-state index < -0.39 is 0 Å². The van der Waals surface area contributed by atoms with Crippen molar-refractivity contribution in [2.45, 2.75) is 45.7 Å². The highest BCUT2D eigenvalue weighted by Crippen LogP contribution is 2.12. The number of carbonyl (C=O) groups excluding carboxylic acids is 2. The van der Waals surface area contributed by atoms with Crippen LogP contribution >= 0.6 is 0 Å². The van der Waals surface area contributed by atoms with Gasteiger partial charge < -0.3 is 20.7 Å². The van der Waals surface area contributed by atoms with E-state index in [0.29, 0.717) is 17.9 Å². The molecule has 0 aromatic heterocycles. The van der Waals surface area contributed by atoms with Gasteiger partial charge in [-0.2, -0.15) is 0 Å². The SMILES string of the molecule is CCC(C)(C)NC(=O)c1ccc(NC(=O)NC(C)COC)cc1. The lowest BCUT2D eigenvalue weighted by Gasteiger charge is -2.24. The van der Waals surface area contributed by atoms with Crippen LogP contribution in [0.1, 0.15) is 44.5 Å². The Morgan fingerprint density at radius 2 is 1.83 bits per heavy atom. The molecule has 1 atom stereocenters. The molecule has 0 saturated carbocycles. The van der Waals surface area contributed by atoms with Crippen LogP contribution in [-0.2, 0) is 4.74 Å². The highest BCUT2D eigenvalue weighted by Gasteiger charge is 2.18. The number of methoxy groups -OCH3 is 1. The zero-order chi connectivity index (χ0) is 17.5. The molecule has 0 heterocycles. The van der Waals surface area contributed by atoms with Crippen molar-refractivity contribution in [1.82, 2.24) is 10.6 Å². The van der Waals surface area contributed by atoms with Crippen LogP contribution < -0.4 is 16.0 Å². The molecule has 0 saturated heterocycles. The van der Waals surface area contributed by atoms with Crippen molar-refractivity contribution in [3.8, 4) is 0 Å². The Kier molecular flexibility index (Phi) is 7.03. The van der Waals surface area contributed by atoms with Gasteiger partial charge in [0.25, 0.3) is 5.91 Å². The van der Waals surface area contributed by atoms with Crippen LogP contribution in [0.3, 0.4) is 0 Å². The fraction of sp³-hybridized carbons (Fsp3) is 0.529. The number of carbonyl (C=O) groups is 2. The molecule has 6 heteroatoms. The van der Waals surface area contributed by atoms with Crippen molar-refractivity contribution in [3.63, 3.8) is 0 Å². The molecule has 3 amide bonds. The molecule has 128 valence electrons. The Labute approximate surface area is 138 Å². The summed E-state index contributed by atoms with van der Waals surface area (Å²) in [6, 6.07) is 6.40. The van der Waals surface area contributed by atoms with E-state index in [1.807, 2.05) is 27.7 Å². The molecule has 0 aliphatic rings. The van der Waals surface area contributed by atoms with Crippen LogP contribution in [0, 0.1) is 0 Å². The highest BCUT2D eigenvalue weighted by molar-refractivity contribution is 5.96. The van der Waals surface area contributed by atoms with E-state index in [-0.39, 0.29) is 23.5 Å². The van der Waals surface area contributed by atoms with Crippen LogP contribution in [-0.4, -0.2) is 37.2 Å². The van der Waals surface area contributed by atoms with Gasteiger partial charge in [-0.05, 0) is 51.5 Å². The number of hydrogen-bond donors (Lipinski definition) is 3. The van der Waals surface area contributed by atoms with Gasteiger partial charge in [-0.1, -0.05) is 6.92 Å². The lowest BCUT2D eigenvalue weighted by Crippen LogP contribution is -2.42. The summed E-state index contributed by atoms with van der Waals surface area (Å²) in [6.07, 6.45) is 0.845. The van der Waals surface area contributed by atoms with Crippen LogP contribution in [0.5, 0.6) is 0 Å². The van der Waals surface area contributed by atoms with E-state index in [9.17, 15) is 9.59 Å². The number of hydrogen-bond acceptors (Lipinski definition) is 3. The van der Waals surface area contributed by atoms with Crippen LogP contribution in [0.15, 0.2) is 24.3 Å². The van der Waals surface area contributed by atoms with Crippen molar-refractivity contribution in [1.29, 1.82) is 0 Å². The quantitative estimate of drug-likeness (QED) is 0.722. The van der Waals surface area contributed by atoms with Gasteiger partial charge in [0, 0.05) is 23.9 Å². The maximum atomic E-state index is 12.1. The summed E-state index contributed by atoms with van der Waals surface area (Å²) in [6.45, 7) is 8.28. The molecule has 0 bridgehead atoms. The van der Waals surface area contributed by atoms with Crippen molar-refractivity contribution >= 4 is 17.6 Å². The van der Waals surface area contributed by atoms with Crippen molar-refractivity contribution in [3.05, 3.63) is 29.8 Å². The summed E-state index contributed by atoms with van der Waals surface area (Å²) >= 11 is 0. The zero-order valence-corrected chi connectivity index (χ0v) is 14.5. The minimum absolute atomic E-state index is 0.0821. The predicted octanol–water partition coefficient (Wildman–Crippen LogP) is 2.76.